The fourth-order valence-corrected chi connectivity index (χ4v) is 2.63. The fraction of sp³-hybridized carbons (Fsp3) is 0.273. The van der Waals surface area contributed by atoms with Crippen LogP contribution in [0, 0.1) is 11.6 Å². The van der Waals surface area contributed by atoms with E-state index in [0.29, 0.717) is 0 Å². The Morgan fingerprint density at radius 2 is 2.06 bits per heavy atom. The van der Waals surface area contributed by atoms with Gasteiger partial charge in [0.15, 0.2) is 11.6 Å². The van der Waals surface area contributed by atoms with Gasteiger partial charge >= 0.3 is 0 Å². The standard InChI is InChI=1S/C11H14F2N2O2S/c1-3-4-15(2)18(16,17)10-6-8(7-14)5-9(12)11(10)13/h3,5-6H,1,4,7,14H2,2H3. The molecule has 0 aliphatic rings. The smallest absolute Gasteiger partial charge is 0.246 e. The van der Waals surface area contributed by atoms with Crippen LogP contribution in [-0.4, -0.2) is 26.3 Å². The molecule has 0 amide bonds. The maximum absolute atomic E-state index is 13.6. The van der Waals surface area contributed by atoms with E-state index in [4.69, 9.17) is 5.73 Å². The predicted molar refractivity (Wildman–Crippen MR) is 64.3 cm³/mol. The zero-order valence-corrected chi connectivity index (χ0v) is 10.7. The largest absolute Gasteiger partial charge is 0.326 e. The normalized spacial score (nSPS) is 11.8. The molecule has 0 bridgehead atoms. The Kier molecular flexibility index (Phi) is 4.55. The fourth-order valence-electron chi connectivity index (χ4n) is 1.37. The average Bonchev–Trinajstić information content (AvgIpc) is 2.32. The molecule has 1 aromatic rings. The Bertz CT molecular complexity index is 558. The molecule has 2 N–H and O–H groups in total. The minimum Gasteiger partial charge on any atom is -0.326 e. The van der Waals surface area contributed by atoms with Gasteiger partial charge in [-0.25, -0.2) is 17.2 Å². The van der Waals surface area contributed by atoms with Crippen molar-refractivity contribution in [1.29, 1.82) is 0 Å². The Hall–Kier alpha value is -1.31. The van der Waals surface area contributed by atoms with Crippen LogP contribution in [0.2, 0.25) is 0 Å². The van der Waals surface area contributed by atoms with Crippen LogP contribution in [0.25, 0.3) is 0 Å². The van der Waals surface area contributed by atoms with Crippen molar-refractivity contribution in [3.63, 3.8) is 0 Å². The van der Waals surface area contributed by atoms with E-state index in [1.54, 1.807) is 0 Å². The minimum atomic E-state index is -4.10. The lowest BCUT2D eigenvalue weighted by Crippen LogP contribution is -2.28. The van der Waals surface area contributed by atoms with Crippen molar-refractivity contribution in [2.24, 2.45) is 5.73 Å². The van der Waals surface area contributed by atoms with Gasteiger partial charge in [-0.2, -0.15) is 4.31 Å². The molecule has 100 valence electrons. The van der Waals surface area contributed by atoms with Crippen molar-refractivity contribution < 1.29 is 17.2 Å². The summed E-state index contributed by atoms with van der Waals surface area (Å²) in [6.07, 6.45) is 1.35. The molecule has 7 heteroatoms. The highest BCUT2D eigenvalue weighted by Gasteiger charge is 2.26. The van der Waals surface area contributed by atoms with Crippen molar-refractivity contribution >= 4 is 10.0 Å². The number of hydrogen-bond acceptors (Lipinski definition) is 3. The molecule has 18 heavy (non-hydrogen) atoms. The summed E-state index contributed by atoms with van der Waals surface area (Å²) in [6.45, 7) is 3.31. The first kappa shape index (κ1) is 14.7. The Balaban J connectivity index is 3.40. The number of nitrogens with two attached hydrogens (primary N) is 1. The zero-order chi connectivity index (χ0) is 13.9. The van der Waals surface area contributed by atoms with Gasteiger partial charge in [0, 0.05) is 20.1 Å². The number of nitrogens with zero attached hydrogens (tertiary/aromatic N) is 1. The van der Waals surface area contributed by atoms with Crippen molar-refractivity contribution in [3.05, 3.63) is 42.0 Å². The maximum atomic E-state index is 13.6. The molecule has 0 saturated heterocycles. The summed E-state index contributed by atoms with van der Waals surface area (Å²) in [6, 6.07) is 1.91. The van der Waals surface area contributed by atoms with Gasteiger partial charge in [0.1, 0.15) is 4.90 Å². The third-order valence-electron chi connectivity index (χ3n) is 2.36. The summed E-state index contributed by atoms with van der Waals surface area (Å²) in [5.41, 5.74) is 5.51. The molecule has 4 nitrogen and oxygen atoms in total. The molecule has 1 aromatic carbocycles. The molecule has 0 fully saturated rings. The Morgan fingerprint density at radius 3 is 2.56 bits per heavy atom. The number of likely N-dealkylation sites (N-methyl/N-ethyl adjacent to an activating group) is 1. The van der Waals surface area contributed by atoms with Crippen LogP contribution in [0.5, 0.6) is 0 Å². The van der Waals surface area contributed by atoms with Gasteiger partial charge in [0.2, 0.25) is 10.0 Å². The molecule has 0 aliphatic carbocycles. The lowest BCUT2D eigenvalue weighted by atomic mass is 10.2. The van der Waals surface area contributed by atoms with Crippen LogP contribution in [0.3, 0.4) is 0 Å². The van der Waals surface area contributed by atoms with Gasteiger partial charge < -0.3 is 5.73 Å². The highest BCUT2D eigenvalue weighted by atomic mass is 32.2. The molecule has 0 unspecified atom stereocenters. The van der Waals surface area contributed by atoms with Crippen molar-refractivity contribution in [2.45, 2.75) is 11.4 Å². The molecular formula is C11H14F2N2O2S. The Morgan fingerprint density at radius 1 is 1.44 bits per heavy atom. The lowest BCUT2D eigenvalue weighted by Gasteiger charge is -2.16. The van der Waals surface area contributed by atoms with E-state index in [1.165, 1.54) is 13.1 Å². The molecule has 0 saturated carbocycles. The third kappa shape index (κ3) is 2.74. The topological polar surface area (TPSA) is 63.4 Å². The molecule has 1 rings (SSSR count). The highest BCUT2D eigenvalue weighted by molar-refractivity contribution is 7.89. The molecule has 0 atom stereocenters. The van der Waals surface area contributed by atoms with Gasteiger partial charge in [-0.05, 0) is 17.7 Å². The van der Waals surface area contributed by atoms with E-state index in [-0.39, 0.29) is 18.7 Å². The molecule has 0 aromatic heterocycles. The van der Waals surface area contributed by atoms with Gasteiger partial charge in [-0.15, -0.1) is 6.58 Å². The van der Waals surface area contributed by atoms with Crippen LogP contribution < -0.4 is 5.73 Å². The third-order valence-corrected chi connectivity index (χ3v) is 4.19. The minimum absolute atomic E-state index is 0.00373. The molecule has 0 heterocycles. The summed E-state index contributed by atoms with van der Waals surface area (Å²) >= 11 is 0. The van der Waals surface area contributed by atoms with Crippen molar-refractivity contribution in [1.82, 2.24) is 4.31 Å². The number of sulfonamides is 1. The quantitative estimate of drug-likeness (QED) is 0.823. The first-order valence-corrected chi connectivity index (χ1v) is 6.53. The maximum Gasteiger partial charge on any atom is 0.246 e. The monoisotopic (exact) mass is 276 g/mol. The molecule has 0 aliphatic heterocycles. The summed E-state index contributed by atoms with van der Waals surface area (Å²) in [4.78, 5) is -0.715. The second-order valence-electron chi connectivity index (χ2n) is 3.67. The van der Waals surface area contributed by atoms with Crippen LogP contribution >= 0.6 is 0 Å². The first-order chi connectivity index (χ1) is 8.34. The number of halogens is 2. The van der Waals surface area contributed by atoms with E-state index >= 15 is 0 Å². The van der Waals surface area contributed by atoms with E-state index < -0.39 is 26.6 Å². The summed E-state index contributed by atoms with van der Waals surface area (Å²) < 4.78 is 51.7. The van der Waals surface area contributed by atoms with Crippen LogP contribution in [0.4, 0.5) is 8.78 Å². The van der Waals surface area contributed by atoms with E-state index in [1.807, 2.05) is 0 Å². The van der Waals surface area contributed by atoms with Gasteiger partial charge in [-0.1, -0.05) is 6.08 Å². The van der Waals surface area contributed by atoms with Crippen LogP contribution in [-0.2, 0) is 16.6 Å². The summed E-state index contributed by atoms with van der Waals surface area (Å²) in [5, 5.41) is 0. The van der Waals surface area contributed by atoms with Crippen molar-refractivity contribution in [3.8, 4) is 0 Å². The first-order valence-electron chi connectivity index (χ1n) is 5.09. The number of hydrogen-bond donors (Lipinski definition) is 1. The van der Waals surface area contributed by atoms with E-state index in [9.17, 15) is 17.2 Å². The second-order valence-corrected chi connectivity index (χ2v) is 5.68. The predicted octanol–water partition coefficient (Wildman–Crippen LogP) is 1.23. The SMILES string of the molecule is C=CCN(C)S(=O)(=O)c1cc(CN)cc(F)c1F. The van der Waals surface area contributed by atoms with Crippen LogP contribution in [0.1, 0.15) is 5.56 Å². The zero-order valence-electron chi connectivity index (χ0n) is 9.86. The summed E-state index contributed by atoms with van der Waals surface area (Å²) in [7, 11) is -2.84. The van der Waals surface area contributed by atoms with Crippen LogP contribution in [0.15, 0.2) is 29.7 Å². The molecule has 0 spiro atoms. The number of benzene rings is 1. The van der Waals surface area contributed by atoms with E-state index in [2.05, 4.69) is 6.58 Å². The Labute approximate surface area is 105 Å². The summed E-state index contributed by atoms with van der Waals surface area (Å²) in [5.74, 6) is -2.63. The van der Waals surface area contributed by atoms with E-state index in [0.717, 1.165) is 16.4 Å². The number of rotatable bonds is 5. The lowest BCUT2D eigenvalue weighted by molar-refractivity contribution is 0.463. The molecule has 0 radical (unpaired) electrons. The highest BCUT2D eigenvalue weighted by Crippen LogP contribution is 2.22. The van der Waals surface area contributed by atoms with Gasteiger partial charge in [0.05, 0.1) is 0 Å². The van der Waals surface area contributed by atoms with Crippen molar-refractivity contribution in [2.75, 3.05) is 13.6 Å². The van der Waals surface area contributed by atoms with Gasteiger partial charge in [0.25, 0.3) is 0 Å². The second kappa shape index (κ2) is 5.55. The average molecular weight is 276 g/mol. The molecular weight excluding hydrogens is 262 g/mol. The van der Waals surface area contributed by atoms with Gasteiger partial charge in [-0.3, -0.25) is 0 Å².